The molecule has 0 radical (unpaired) electrons. The van der Waals surface area contributed by atoms with E-state index in [9.17, 15) is 9.90 Å². The van der Waals surface area contributed by atoms with Gasteiger partial charge in [0.05, 0.1) is 7.11 Å². The number of hydrogen-bond acceptors (Lipinski definition) is 5. The van der Waals surface area contributed by atoms with Crippen LogP contribution >= 0.6 is 0 Å². The van der Waals surface area contributed by atoms with Crippen molar-refractivity contribution in [2.45, 2.75) is 51.2 Å². The average molecular weight is 348 g/mol. The normalized spacial score (nSPS) is 16.1. The smallest absolute Gasteiger partial charge is 0.162 e. The van der Waals surface area contributed by atoms with E-state index in [4.69, 9.17) is 4.74 Å². The van der Waals surface area contributed by atoms with Crippen molar-refractivity contribution < 1.29 is 14.6 Å². The van der Waals surface area contributed by atoms with Gasteiger partial charge in [0.25, 0.3) is 0 Å². The van der Waals surface area contributed by atoms with Gasteiger partial charge in [-0.3, -0.25) is 10.1 Å². The lowest BCUT2D eigenvalue weighted by molar-refractivity contribution is 0.0977. The van der Waals surface area contributed by atoms with E-state index in [1.54, 1.807) is 7.11 Å². The number of nitrogens with one attached hydrogen (secondary N) is 1. The Morgan fingerprint density at radius 2 is 1.92 bits per heavy atom. The fraction of sp³-hybridized carbons (Fsp3) is 0.650. The molecule has 5 nitrogen and oxygen atoms in total. The van der Waals surface area contributed by atoms with Crippen LogP contribution in [0, 0.1) is 0 Å². The van der Waals surface area contributed by atoms with E-state index in [0.717, 1.165) is 50.1 Å². The molecule has 0 saturated carbocycles. The van der Waals surface area contributed by atoms with Gasteiger partial charge in [0.15, 0.2) is 5.78 Å². The Hall–Kier alpha value is -1.43. The zero-order chi connectivity index (χ0) is 17.9. The quantitative estimate of drug-likeness (QED) is 0.345. The van der Waals surface area contributed by atoms with Gasteiger partial charge in [0, 0.05) is 25.1 Å². The molecule has 1 saturated heterocycles. The number of nitrogens with zero attached hydrogens (tertiary/aromatic N) is 1. The monoisotopic (exact) mass is 348 g/mol. The Bertz CT molecular complexity index is 498. The standard InChI is InChI=1S/C20H32N2O3/c1-25-18-11-9-17(10-12-18)19(23)7-3-2-4-8-20(24)21-13-16-22-14-5-6-15-22/h9-12,20-21,24H,2-8,13-16H2,1H3. The van der Waals surface area contributed by atoms with Crippen molar-refractivity contribution in [3.05, 3.63) is 29.8 Å². The van der Waals surface area contributed by atoms with Crippen molar-refractivity contribution in [2.75, 3.05) is 33.3 Å². The van der Waals surface area contributed by atoms with Gasteiger partial charge in [-0.2, -0.15) is 0 Å². The van der Waals surface area contributed by atoms with E-state index in [1.165, 1.54) is 25.9 Å². The Morgan fingerprint density at radius 1 is 1.20 bits per heavy atom. The number of carbonyl (C=O) groups excluding carboxylic acids is 1. The number of unbranched alkanes of at least 4 members (excludes halogenated alkanes) is 2. The summed E-state index contributed by atoms with van der Waals surface area (Å²) in [5, 5.41) is 13.1. The van der Waals surface area contributed by atoms with Gasteiger partial charge in [-0.1, -0.05) is 6.42 Å². The largest absolute Gasteiger partial charge is 0.497 e. The van der Waals surface area contributed by atoms with Crippen LogP contribution in [0.2, 0.25) is 0 Å². The van der Waals surface area contributed by atoms with Gasteiger partial charge in [-0.15, -0.1) is 0 Å². The molecule has 1 aliphatic rings. The minimum absolute atomic E-state index is 0.173. The number of hydrogen-bond donors (Lipinski definition) is 2. The second kappa shape index (κ2) is 11.2. The van der Waals surface area contributed by atoms with Crippen LogP contribution < -0.4 is 10.1 Å². The molecule has 1 aromatic carbocycles. The van der Waals surface area contributed by atoms with Crippen LogP contribution in [-0.4, -0.2) is 55.3 Å². The molecule has 1 heterocycles. The molecule has 5 heteroatoms. The highest BCUT2D eigenvalue weighted by atomic mass is 16.5. The van der Waals surface area contributed by atoms with Gasteiger partial charge < -0.3 is 14.7 Å². The maximum absolute atomic E-state index is 12.1. The lowest BCUT2D eigenvalue weighted by Crippen LogP contribution is -2.36. The number of likely N-dealkylation sites (tertiary alicyclic amines) is 1. The molecule has 0 spiro atoms. The van der Waals surface area contributed by atoms with Crippen LogP contribution in [0.25, 0.3) is 0 Å². The Balaban J connectivity index is 1.49. The van der Waals surface area contributed by atoms with Gasteiger partial charge in [-0.25, -0.2) is 0 Å². The lowest BCUT2D eigenvalue weighted by Gasteiger charge is -2.17. The first kappa shape index (κ1) is 19.9. The summed E-state index contributed by atoms with van der Waals surface area (Å²) in [5.74, 6) is 0.940. The predicted octanol–water partition coefficient (Wildman–Crippen LogP) is 2.83. The van der Waals surface area contributed by atoms with Crippen LogP contribution in [0.1, 0.15) is 55.3 Å². The number of ketones is 1. The molecule has 0 bridgehead atoms. The van der Waals surface area contributed by atoms with Crippen molar-refractivity contribution in [1.29, 1.82) is 0 Å². The molecule has 2 N–H and O–H groups in total. The second-order valence-electron chi connectivity index (χ2n) is 6.77. The van der Waals surface area contributed by atoms with E-state index < -0.39 is 6.23 Å². The molecule has 25 heavy (non-hydrogen) atoms. The fourth-order valence-corrected chi connectivity index (χ4v) is 3.22. The number of aliphatic hydroxyl groups excluding tert-OH is 1. The van der Waals surface area contributed by atoms with E-state index in [0.29, 0.717) is 6.42 Å². The molecular weight excluding hydrogens is 316 g/mol. The van der Waals surface area contributed by atoms with Crippen molar-refractivity contribution in [3.8, 4) is 5.75 Å². The van der Waals surface area contributed by atoms with E-state index in [-0.39, 0.29) is 5.78 Å². The van der Waals surface area contributed by atoms with Crippen LogP contribution in [-0.2, 0) is 0 Å². The summed E-state index contributed by atoms with van der Waals surface area (Å²) in [6.45, 7) is 4.25. The summed E-state index contributed by atoms with van der Waals surface area (Å²) in [6, 6.07) is 7.26. The zero-order valence-electron chi connectivity index (χ0n) is 15.4. The number of methoxy groups -OCH3 is 1. The molecule has 140 valence electrons. The van der Waals surface area contributed by atoms with Crippen LogP contribution in [0.15, 0.2) is 24.3 Å². The molecule has 1 fully saturated rings. The topological polar surface area (TPSA) is 61.8 Å². The van der Waals surface area contributed by atoms with Crippen molar-refractivity contribution in [2.24, 2.45) is 0 Å². The van der Waals surface area contributed by atoms with Crippen LogP contribution in [0.5, 0.6) is 5.75 Å². The molecule has 0 amide bonds. The molecule has 1 aromatic rings. The van der Waals surface area contributed by atoms with E-state index >= 15 is 0 Å². The zero-order valence-corrected chi connectivity index (χ0v) is 15.4. The summed E-state index contributed by atoms with van der Waals surface area (Å²) >= 11 is 0. The predicted molar refractivity (Wildman–Crippen MR) is 100 cm³/mol. The first-order valence-corrected chi connectivity index (χ1v) is 9.50. The SMILES string of the molecule is COc1ccc(C(=O)CCCCCC(O)NCCN2CCCC2)cc1. The third-order valence-electron chi connectivity index (χ3n) is 4.80. The summed E-state index contributed by atoms with van der Waals surface area (Å²) in [6.07, 6.45) is 6.25. The number of aliphatic hydroxyl groups is 1. The number of Topliss-reactive ketones (excluding diaryl/α,β-unsaturated/α-hetero) is 1. The number of ether oxygens (including phenoxy) is 1. The highest BCUT2D eigenvalue weighted by molar-refractivity contribution is 5.96. The molecule has 1 unspecified atom stereocenters. The highest BCUT2D eigenvalue weighted by Gasteiger charge is 2.11. The summed E-state index contributed by atoms with van der Waals surface area (Å²) in [7, 11) is 1.62. The first-order valence-electron chi connectivity index (χ1n) is 9.50. The Labute approximate surface area is 151 Å². The molecular formula is C20H32N2O3. The molecule has 1 atom stereocenters. The molecule has 2 rings (SSSR count). The first-order chi connectivity index (χ1) is 12.2. The van der Waals surface area contributed by atoms with Crippen LogP contribution in [0.4, 0.5) is 0 Å². The van der Waals surface area contributed by atoms with Gasteiger partial charge in [-0.05, 0) is 69.5 Å². The lowest BCUT2D eigenvalue weighted by atomic mass is 10.0. The third-order valence-corrected chi connectivity index (χ3v) is 4.80. The maximum atomic E-state index is 12.1. The second-order valence-corrected chi connectivity index (χ2v) is 6.77. The molecule has 0 aromatic heterocycles. The van der Waals surface area contributed by atoms with Crippen molar-refractivity contribution in [3.63, 3.8) is 0 Å². The van der Waals surface area contributed by atoms with E-state index in [2.05, 4.69) is 10.2 Å². The Kier molecular flexibility index (Phi) is 8.94. The van der Waals surface area contributed by atoms with Crippen molar-refractivity contribution >= 4 is 5.78 Å². The summed E-state index contributed by atoms with van der Waals surface area (Å²) < 4.78 is 5.10. The fourth-order valence-electron chi connectivity index (χ4n) is 3.22. The third kappa shape index (κ3) is 7.55. The number of benzene rings is 1. The van der Waals surface area contributed by atoms with Crippen LogP contribution in [0.3, 0.4) is 0 Å². The van der Waals surface area contributed by atoms with Gasteiger partial charge >= 0.3 is 0 Å². The van der Waals surface area contributed by atoms with Gasteiger partial charge in [0.1, 0.15) is 12.0 Å². The molecule has 1 aliphatic heterocycles. The minimum atomic E-state index is -0.431. The average Bonchev–Trinajstić information content (AvgIpc) is 3.15. The van der Waals surface area contributed by atoms with Crippen molar-refractivity contribution in [1.82, 2.24) is 10.2 Å². The summed E-state index contributed by atoms with van der Waals surface area (Å²) in [5.41, 5.74) is 0.740. The molecule has 0 aliphatic carbocycles. The minimum Gasteiger partial charge on any atom is -0.497 e. The highest BCUT2D eigenvalue weighted by Crippen LogP contribution is 2.14. The Morgan fingerprint density at radius 3 is 2.60 bits per heavy atom. The van der Waals surface area contributed by atoms with Gasteiger partial charge in [0.2, 0.25) is 0 Å². The number of rotatable bonds is 12. The maximum Gasteiger partial charge on any atom is 0.162 e. The number of carbonyl (C=O) groups is 1. The van der Waals surface area contributed by atoms with E-state index in [1.807, 2.05) is 24.3 Å². The summed E-state index contributed by atoms with van der Waals surface area (Å²) in [4.78, 5) is 14.5.